The zero-order valence-corrected chi connectivity index (χ0v) is 9.32. The van der Waals surface area contributed by atoms with Crippen molar-refractivity contribution in [3.05, 3.63) is 29.6 Å². The number of carboxylic acids is 1. The van der Waals surface area contributed by atoms with Gasteiger partial charge in [0.05, 0.1) is 18.2 Å². The molecule has 0 aliphatic carbocycles. The predicted octanol–water partition coefficient (Wildman–Crippen LogP) is 1.87. The molecule has 0 saturated heterocycles. The third-order valence-corrected chi connectivity index (χ3v) is 2.53. The van der Waals surface area contributed by atoms with Gasteiger partial charge in [0.25, 0.3) is 0 Å². The molecule has 1 rings (SSSR count). The Bertz CT molecular complexity index is 394. The van der Waals surface area contributed by atoms with E-state index in [0.29, 0.717) is 0 Å². The molecule has 0 bridgehead atoms. The van der Waals surface area contributed by atoms with Crippen molar-refractivity contribution in [3.63, 3.8) is 0 Å². The molecule has 1 aromatic heterocycles. The summed E-state index contributed by atoms with van der Waals surface area (Å²) in [5.74, 6) is -0.827. The van der Waals surface area contributed by atoms with Crippen LogP contribution in [0.1, 0.15) is 29.9 Å². The molecule has 0 fully saturated rings. The van der Waals surface area contributed by atoms with Crippen LogP contribution in [0.3, 0.4) is 0 Å². The summed E-state index contributed by atoms with van der Waals surface area (Å²) >= 11 is 0. The van der Waals surface area contributed by atoms with Crippen molar-refractivity contribution >= 4 is 5.97 Å². The number of hydrogen-bond donors (Lipinski definition) is 1. The van der Waals surface area contributed by atoms with Gasteiger partial charge < -0.3 is 5.11 Å². The number of aromatic nitrogens is 2. The fraction of sp³-hybridized carbons (Fsp3) is 0.455. The Morgan fingerprint density at radius 1 is 1.67 bits per heavy atom. The minimum absolute atomic E-state index is 0.0293. The Labute approximate surface area is 89.2 Å². The predicted molar refractivity (Wildman–Crippen MR) is 57.9 cm³/mol. The SMILES string of the molecule is C=CC(C)n1nc(C)c(CC(=O)O)c1C. The van der Waals surface area contributed by atoms with Crippen molar-refractivity contribution in [2.24, 2.45) is 0 Å². The molecule has 1 N–H and O–H groups in total. The Morgan fingerprint density at radius 3 is 2.73 bits per heavy atom. The minimum Gasteiger partial charge on any atom is -0.481 e. The number of aliphatic carboxylic acids is 1. The van der Waals surface area contributed by atoms with Crippen LogP contribution >= 0.6 is 0 Å². The van der Waals surface area contributed by atoms with E-state index in [9.17, 15) is 4.79 Å². The molecule has 1 heterocycles. The van der Waals surface area contributed by atoms with Gasteiger partial charge in [0, 0.05) is 11.3 Å². The van der Waals surface area contributed by atoms with E-state index >= 15 is 0 Å². The molecule has 0 radical (unpaired) electrons. The minimum atomic E-state index is -0.827. The molecule has 4 heteroatoms. The van der Waals surface area contributed by atoms with E-state index < -0.39 is 5.97 Å². The quantitative estimate of drug-likeness (QED) is 0.768. The van der Waals surface area contributed by atoms with Gasteiger partial charge >= 0.3 is 5.97 Å². The van der Waals surface area contributed by atoms with E-state index in [-0.39, 0.29) is 12.5 Å². The third kappa shape index (κ3) is 2.26. The standard InChI is InChI=1S/C11H16N2O2/c1-5-7(2)13-9(4)10(6-11(14)15)8(3)12-13/h5,7H,1,6H2,2-4H3,(H,14,15). The average molecular weight is 208 g/mol. The largest absolute Gasteiger partial charge is 0.481 e. The lowest BCUT2D eigenvalue weighted by Gasteiger charge is -2.09. The molecular weight excluding hydrogens is 192 g/mol. The second kappa shape index (κ2) is 4.29. The molecule has 0 aromatic carbocycles. The van der Waals surface area contributed by atoms with Crippen molar-refractivity contribution < 1.29 is 9.90 Å². The molecule has 0 aliphatic heterocycles. The lowest BCUT2D eigenvalue weighted by Crippen LogP contribution is -2.07. The Kier molecular flexibility index (Phi) is 3.29. The molecule has 82 valence electrons. The van der Waals surface area contributed by atoms with Crippen LogP contribution in [-0.2, 0) is 11.2 Å². The van der Waals surface area contributed by atoms with Gasteiger partial charge in [-0.15, -0.1) is 6.58 Å². The first kappa shape index (κ1) is 11.5. The molecule has 1 aromatic rings. The highest BCUT2D eigenvalue weighted by molar-refractivity contribution is 5.70. The molecule has 0 spiro atoms. The van der Waals surface area contributed by atoms with Gasteiger partial charge in [0.15, 0.2) is 0 Å². The first-order valence-corrected chi connectivity index (χ1v) is 4.86. The van der Waals surface area contributed by atoms with Crippen molar-refractivity contribution in [1.29, 1.82) is 0 Å². The van der Waals surface area contributed by atoms with Crippen LogP contribution in [0.5, 0.6) is 0 Å². The van der Waals surface area contributed by atoms with Crippen molar-refractivity contribution in [3.8, 4) is 0 Å². The van der Waals surface area contributed by atoms with Gasteiger partial charge in [-0.25, -0.2) is 0 Å². The maximum Gasteiger partial charge on any atom is 0.307 e. The maximum atomic E-state index is 10.7. The topological polar surface area (TPSA) is 55.1 Å². The van der Waals surface area contributed by atoms with Crippen LogP contribution in [0.15, 0.2) is 12.7 Å². The normalized spacial score (nSPS) is 12.5. The Balaban J connectivity index is 3.13. The summed E-state index contributed by atoms with van der Waals surface area (Å²) in [7, 11) is 0. The van der Waals surface area contributed by atoms with Crippen molar-refractivity contribution in [2.45, 2.75) is 33.2 Å². The van der Waals surface area contributed by atoms with Crippen LogP contribution in [0.4, 0.5) is 0 Å². The smallest absolute Gasteiger partial charge is 0.307 e. The molecule has 1 unspecified atom stereocenters. The van der Waals surface area contributed by atoms with Crippen molar-refractivity contribution in [1.82, 2.24) is 9.78 Å². The zero-order valence-electron chi connectivity index (χ0n) is 9.32. The molecule has 0 saturated carbocycles. The van der Waals surface area contributed by atoms with E-state index in [1.165, 1.54) is 0 Å². The van der Waals surface area contributed by atoms with E-state index in [0.717, 1.165) is 17.0 Å². The summed E-state index contributed by atoms with van der Waals surface area (Å²) in [6.45, 7) is 9.39. The number of carboxylic acid groups (broad SMARTS) is 1. The van der Waals surface area contributed by atoms with Crippen LogP contribution in [0.25, 0.3) is 0 Å². The van der Waals surface area contributed by atoms with Gasteiger partial charge in [-0.05, 0) is 20.8 Å². The second-order valence-corrected chi connectivity index (χ2v) is 3.64. The summed E-state index contributed by atoms with van der Waals surface area (Å²) < 4.78 is 1.81. The van der Waals surface area contributed by atoms with Gasteiger partial charge in [-0.3, -0.25) is 9.48 Å². The van der Waals surface area contributed by atoms with E-state index in [4.69, 9.17) is 5.11 Å². The monoisotopic (exact) mass is 208 g/mol. The number of allylic oxidation sites excluding steroid dienone is 1. The Morgan fingerprint density at radius 2 is 2.27 bits per heavy atom. The van der Waals surface area contributed by atoms with Gasteiger partial charge in [0.1, 0.15) is 0 Å². The summed E-state index contributed by atoms with van der Waals surface area (Å²) in [6.07, 6.45) is 1.81. The highest BCUT2D eigenvalue weighted by atomic mass is 16.4. The molecular formula is C11H16N2O2. The highest BCUT2D eigenvalue weighted by Crippen LogP contribution is 2.18. The summed E-state index contributed by atoms with van der Waals surface area (Å²) in [5, 5.41) is 13.1. The number of aryl methyl sites for hydroxylation is 1. The molecule has 4 nitrogen and oxygen atoms in total. The van der Waals surface area contributed by atoms with Crippen LogP contribution < -0.4 is 0 Å². The number of carbonyl (C=O) groups is 1. The lowest BCUT2D eigenvalue weighted by molar-refractivity contribution is -0.136. The van der Waals surface area contributed by atoms with Gasteiger partial charge in [-0.1, -0.05) is 6.08 Å². The first-order valence-electron chi connectivity index (χ1n) is 4.86. The summed E-state index contributed by atoms with van der Waals surface area (Å²) in [5.41, 5.74) is 2.49. The van der Waals surface area contributed by atoms with Crippen molar-refractivity contribution in [2.75, 3.05) is 0 Å². The van der Waals surface area contributed by atoms with E-state index in [1.54, 1.807) is 10.8 Å². The Hall–Kier alpha value is -1.58. The van der Waals surface area contributed by atoms with Crippen LogP contribution in [0.2, 0.25) is 0 Å². The molecule has 1 atom stereocenters. The first-order chi connectivity index (χ1) is 6.97. The van der Waals surface area contributed by atoms with Gasteiger partial charge in [0.2, 0.25) is 0 Å². The van der Waals surface area contributed by atoms with Gasteiger partial charge in [-0.2, -0.15) is 5.10 Å². The molecule has 0 aliphatic rings. The van der Waals surface area contributed by atoms with Crippen LogP contribution in [-0.4, -0.2) is 20.9 Å². The summed E-state index contributed by atoms with van der Waals surface area (Å²) in [6, 6.07) is 0.0891. The molecule has 15 heavy (non-hydrogen) atoms. The number of hydrogen-bond acceptors (Lipinski definition) is 2. The molecule has 0 amide bonds. The summed E-state index contributed by atoms with van der Waals surface area (Å²) in [4.78, 5) is 10.7. The van der Waals surface area contributed by atoms with E-state index in [2.05, 4.69) is 11.7 Å². The van der Waals surface area contributed by atoms with E-state index in [1.807, 2.05) is 20.8 Å². The van der Waals surface area contributed by atoms with Crippen LogP contribution in [0, 0.1) is 13.8 Å². The maximum absolute atomic E-state index is 10.7. The number of nitrogens with zero attached hydrogens (tertiary/aromatic N) is 2. The lowest BCUT2D eigenvalue weighted by atomic mass is 10.1. The fourth-order valence-corrected chi connectivity index (χ4v) is 1.60. The zero-order chi connectivity index (χ0) is 11.6. The average Bonchev–Trinajstić information content (AvgIpc) is 2.44. The fourth-order valence-electron chi connectivity index (χ4n) is 1.60. The second-order valence-electron chi connectivity index (χ2n) is 3.64. The number of rotatable bonds is 4. The highest BCUT2D eigenvalue weighted by Gasteiger charge is 2.15. The third-order valence-electron chi connectivity index (χ3n) is 2.53.